The predicted octanol–water partition coefficient (Wildman–Crippen LogP) is 2.06. The standard InChI is InChI=1S/C19H18N6O2/c1-27-18-4-2-3-17-16(18)9-11-24(17)12-10-20-19(26)14-5-7-15(8-6-14)25-13-21-22-23-25/h2-9,11,13H,10,12H2,1H3,(H,20,26). The van der Waals surface area contributed by atoms with Gasteiger partial charge in [0.05, 0.1) is 18.3 Å². The van der Waals surface area contributed by atoms with Crippen LogP contribution in [0.4, 0.5) is 0 Å². The number of methoxy groups -OCH3 is 1. The van der Waals surface area contributed by atoms with Gasteiger partial charge in [-0.3, -0.25) is 4.79 Å². The molecule has 0 bridgehead atoms. The zero-order valence-corrected chi connectivity index (χ0v) is 14.7. The van der Waals surface area contributed by atoms with Gasteiger partial charge in [0, 0.05) is 30.2 Å². The van der Waals surface area contributed by atoms with Crippen molar-refractivity contribution in [2.24, 2.45) is 0 Å². The molecule has 136 valence electrons. The largest absolute Gasteiger partial charge is 0.496 e. The van der Waals surface area contributed by atoms with Gasteiger partial charge in [-0.25, -0.2) is 4.68 Å². The van der Waals surface area contributed by atoms with E-state index < -0.39 is 0 Å². The van der Waals surface area contributed by atoms with Crippen molar-refractivity contribution in [3.05, 3.63) is 66.6 Å². The van der Waals surface area contributed by atoms with E-state index in [4.69, 9.17) is 4.74 Å². The summed E-state index contributed by atoms with van der Waals surface area (Å²) in [5.74, 6) is 0.727. The number of nitrogens with one attached hydrogen (secondary N) is 1. The molecule has 0 spiro atoms. The lowest BCUT2D eigenvalue weighted by Gasteiger charge is -2.09. The van der Waals surface area contributed by atoms with E-state index >= 15 is 0 Å². The van der Waals surface area contributed by atoms with Crippen LogP contribution in [0.15, 0.2) is 61.1 Å². The van der Waals surface area contributed by atoms with Crippen molar-refractivity contribution in [3.63, 3.8) is 0 Å². The maximum atomic E-state index is 12.3. The van der Waals surface area contributed by atoms with Gasteiger partial charge >= 0.3 is 0 Å². The van der Waals surface area contributed by atoms with Crippen LogP contribution in [0.2, 0.25) is 0 Å². The molecule has 27 heavy (non-hydrogen) atoms. The van der Waals surface area contributed by atoms with Crippen molar-refractivity contribution in [1.29, 1.82) is 0 Å². The van der Waals surface area contributed by atoms with E-state index in [0.717, 1.165) is 22.3 Å². The monoisotopic (exact) mass is 362 g/mol. The first kappa shape index (κ1) is 16.8. The Bertz CT molecular complexity index is 1050. The Morgan fingerprint density at radius 2 is 2.00 bits per heavy atom. The SMILES string of the molecule is COc1cccc2c1ccn2CCNC(=O)c1ccc(-n2cnnn2)cc1. The van der Waals surface area contributed by atoms with Crippen LogP contribution in [0.25, 0.3) is 16.6 Å². The summed E-state index contributed by atoms with van der Waals surface area (Å²) in [4.78, 5) is 12.3. The number of aromatic nitrogens is 5. The highest BCUT2D eigenvalue weighted by molar-refractivity contribution is 5.94. The molecule has 1 amide bonds. The van der Waals surface area contributed by atoms with Crippen molar-refractivity contribution < 1.29 is 9.53 Å². The third kappa shape index (κ3) is 3.37. The number of benzene rings is 2. The minimum absolute atomic E-state index is 0.118. The summed E-state index contributed by atoms with van der Waals surface area (Å²) in [6.45, 7) is 1.19. The Morgan fingerprint density at radius 1 is 1.15 bits per heavy atom. The molecule has 0 atom stereocenters. The number of ether oxygens (including phenoxy) is 1. The number of carbonyl (C=O) groups is 1. The van der Waals surface area contributed by atoms with E-state index in [1.807, 2.05) is 30.5 Å². The molecule has 2 aromatic carbocycles. The van der Waals surface area contributed by atoms with E-state index in [1.165, 1.54) is 11.0 Å². The van der Waals surface area contributed by atoms with Crippen molar-refractivity contribution in [1.82, 2.24) is 30.1 Å². The number of rotatable bonds is 6. The van der Waals surface area contributed by atoms with E-state index in [2.05, 4.69) is 25.4 Å². The second kappa shape index (κ2) is 7.28. The highest BCUT2D eigenvalue weighted by Crippen LogP contribution is 2.25. The van der Waals surface area contributed by atoms with Crippen LogP contribution in [0.3, 0.4) is 0 Å². The molecule has 1 N–H and O–H groups in total. The smallest absolute Gasteiger partial charge is 0.251 e. The molecule has 0 fully saturated rings. The van der Waals surface area contributed by atoms with Crippen LogP contribution in [0, 0.1) is 0 Å². The van der Waals surface area contributed by atoms with E-state index in [1.54, 1.807) is 31.4 Å². The highest BCUT2D eigenvalue weighted by Gasteiger charge is 2.08. The van der Waals surface area contributed by atoms with Crippen LogP contribution in [0.1, 0.15) is 10.4 Å². The van der Waals surface area contributed by atoms with Crippen LogP contribution in [-0.4, -0.2) is 44.3 Å². The molecule has 2 heterocycles. The summed E-state index contributed by atoms with van der Waals surface area (Å²) >= 11 is 0. The summed E-state index contributed by atoms with van der Waals surface area (Å²) in [5.41, 5.74) is 2.46. The zero-order valence-electron chi connectivity index (χ0n) is 14.7. The summed E-state index contributed by atoms with van der Waals surface area (Å²) < 4.78 is 9.01. The lowest BCUT2D eigenvalue weighted by atomic mass is 10.2. The van der Waals surface area contributed by atoms with E-state index in [0.29, 0.717) is 18.7 Å². The quantitative estimate of drug-likeness (QED) is 0.567. The Morgan fingerprint density at radius 3 is 2.74 bits per heavy atom. The number of carbonyl (C=O) groups excluding carboxylic acids is 1. The summed E-state index contributed by atoms with van der Waals surface area (Å²) in [6.07, 6.45) is 3.51. The van der Waals surface area contributed by atoms with E-state index in [9.17, 15) is 4.79 Å². The molecular formula is C19H18N6O2. The number of hydrogen-bond acceptors (Lipinski definition) is 5. The molecule has 0 unspecified atom stereocenters. The highest BCUT2D eigenvalue weighted by atomic mass is 16.5. The van der Waals surface area contributed by atoms with Crippen LogP contribution in [-0.2, 0) is 6.54 Å². The molecule has 0 radical (unpaired) electrons. The minimum Gasteiger partial charge on any atom is -0.496 e. The Labute approximate surface area is 155 Å². The van der Waals surface area contributed by atoms with Crippen LogP contribution < -0.4 is 10.1 Å². The van der Waals surface area contributed by atoms with Gasteiger partial charge in [0.1, 0.15) is 12.1 Å². The fourth-order valence-corrected chi connectivity index (χ4v) is 3.01. The number of nitrogens with zero attached hydrogens (tertiary/aromatic N) is 5. The molecule has 4 aromatic rings. The Kier molecular flexibility index (Phi) is 4.52. The lowest BCUT2D eigenvalue weighted by Crippen LogP contribution is -2.27. The van der Waals surface area contributed by atoms with Crippen LogP contribution >= 0.6 is 0 Å². The topological polar surface area (TPSA) is 86.9 Å². The molecule has 8 nitrogen and oxygen atoms in total. The molecule has 4 rings (SSSR count). The van der Waals surface area contributed by atoms with Gasteiger partial charge < -0.3 is 14.6 Å². The van der Waals surface area contributed by atoms with Crippen molar-refractivity contribution in [3.8, 4) is 11.4 Å². The van der Waals surface area contributed by atoms with Gasteiger partial charge in [0.15, 0.2) is 0 Å². The molecule has 0 aliphatic carbocycles. The first-order chi connectivity index (χ1) is 13.3. The second-order valence-corrected chi connectivity index (χ2v) is 5.96. The normalized spacial score (nSPS) is 10.9. The number of amides is 1. The van der Waals surface area contributed by atoms with Gasteiger partial charge in [-0.1, -0.05) is 6.07 Å². The number of tetrazole rings is 1. The third-order valence-electron chi connectivity index (χ3n) is 4.37. The number of hydrogen-bond donors (Lipinski definition) is 1. The van der Waals surface area contributed by atoms with Crippen LogP contribution in [0.5, 0.6) is 5.75 Å². The van der Waals surface area contributed by atoms with Gasteiger partial charge in [-0.2, -0.15) is 0 Å². The fraction of sp³-hybridized carbons (Fsp3) is 0.158. The minimum atomic E-state index is -0.118. The summed E-state index contributed by atoms with van der Waals surface area (Å²) in [5, 5.41) is 15.0. The molecular weight excluding hydrogens is 344 g/mol. The van der Waals surface area contributed by atoms with Gasteiger partial charge in [0.2, 0.25) is 0 Å². The number of fused-ring (bicyclic) bond motifs is 1. The molecule has 0 saturated carbocycles. The Hall–Kier alpha value is -3.68. The van der Waals surface area contributed by atoms with Crippen molar-refractivity contribution in [2.75, 3.05) is 13.7 Å². The first-order valence-electron chi connectivity index (χ1n) is 8.50. The molecule has 0 aliphatic heterocycles. The Balaban J connectivity index is 1.38. The predicted molar refractivity (Wildman–Crippen MR) is 100.0 cm³/mol. The van der Waals surface area contributed by atoms with E-state index in [-0.39, 0.29) is 5.91 Å². The average molecular weight is 362 g/mol. The lowest BCUT2D eigenvalue weighted by molar-refractivity contribution is 0.0952. The van der Waals surface area contributed by atoms with Gasteiger partial charge in [0.25, 0.3) is 5.91 Å². The second-order valence-electron chi connectivity index (χ2n) is 5.96. The first-order valence-corrected chi connectivity index (χ1v) is 8.50. The third-order valence-corrected chi connectivity index (χ3v) is 4.37. The maximum absolute atomic E-state index is 12.3. The molecule has 0 saturated heterocycles. The maximum Gasteiger partial charge on any atom is 0.251 e. The van der Waals surface area contributed by atoms with Gasteiger partial charge in [-0.05, 0) is 52.9 Å². The molecule has 2 aromatic heterocycles. The molecule has 8 heteroatoms. The fourth-order valence-electron chi connectivity index (χ4n) is 3.01. The van der Waals surface area contributed by atoms with Crippen molar-refractivity contribution in [2.45, 2.75) is 6.54 Å². The van der Waals surface area contributed by atoms with Gasteiger partial charge in [-0.15, -0.1) is 5.10 Å². The summed E-state index contributed by atoms with van der Waals surface area (Å²) in [6, 6.07) is 15.1. The zero-order chi connectivity index (χ0) is 18.6. The molecule has 0 aliphatic rings. The summed E-state index contributed by atoms with van der Waals surface area (Å²) in [7, 11) is 1.66. The average Bonchev–Trinajstić information content (AvgIpc) is 3.38. The van der Waals surface area contributed by atoms with Crippen molar-refractivity contribution >= 4 is 16.8 Å².